The molecule has 18 heavy (non-hydrogen) atoms. The Morgan fingerprint density at radius 3 is 2.78 bits per heavy atom. The molecule has 1 atom stereocenters. The first-order chi connectivity index (χ1) is 8.70. The average Bonchev–Trinajstić information content (AvgIpc) is 2.76. The smallest absolute Gasteiger partial charge is 0.0656 e. The molecule has 1 unspecified atom stereocenters. The fourth-order valence-corrected chi connectivity index (χ4v) is 3.33. The first kappa shape index (κ1) is 14.0. The van der Waals surface area contributed by atoms with Crippen LogP contribution in [-0.4, -0.2) is 11.5 Å². The number of rotatable bonds is 5. The Morgan fingerprint density at radius 1 is 1.33 bits per heavy atom. The van der Waals surface area contributed by atoms with Gasteiger partial charge in [-0.1, -0.05) is 13.0 Å². The van der Waals surface area contributed by atoms with Gasteiger partial charge in [-0.25, -0.2) is 0 Å². The summed E-state index contributed by atoms with van der Waals surface area (Å²) in [6, 6.07) is 4.73. The third-order valence-electron chi connectivity index (χ3n) is 2.75. The van der Waals surface area contributed by atoms with E-state index in [2.05, 4.69) is 64.3 Å². The van der Waals surface area contributed by atoms with Crippen molar-refractivity contribution in [2.45, 2.75) is 26.3 Å². The lowest BCUT2D eigenvalue weighted by Crippen LogP contribution is -2.23. The first-order valence-corrected chi connectivity index (χ1v) is 8.05. The van der Waals surface area contributed by atoms with E-state index >= 15 is 0 Å². The highest BCUT2D eigenvalue weighted by Crippen LogP contribution is 2.27. The van der Waals surface area contributed by atoms with Gasteiger partial charge in [0, 0.05) is 12.4 Å². The number of nitrogens with zero attached hydrogens (tertiary/aromatic N) is 1. The molecule has 0 radical (unpaired) electrons. The molecule has 2 nitrogen and oxygen atoms in total. The van der Waals surface area contributed by atoms with E-state index in [4.69, 9.17) is 0 Å². The van der Waals surface area contributed by atoms with Crippen LogP contribution in [0.5, 0.6) is 0 Å². The summed E-state index contributed by atoms with van der Waals surface area (Å²) in [6.45, 7) is 5.30. The van der Waals surface area contributed by atoms with Gasteiger partial charge in [-0.3, -0.25) is 4.98 Å². The molecule has 2 rings (SSSR count). The van der Waals surface area contributed by atoms with Crippen molar-refractivity contribution in [1.29, 1.82) is 0 Å². The van der Waals surface area contributed by atoms with Crippen LogP contribution < -0.4 is 5.32 Å². The Morgan fingerprint density at radius 2 is 2.17 bits per heavy atom. The van der Waals surface area contributed by atoms with Crippen molar-refractivity contribution in [3.8, 4) is 0 Å². The fraction of sp³-hybridized carbons (Fsp3) is 0.357. The van der Waals surface area contributed by atoms with Gasteiger partial charge >= 0.3 is 0 Å². The molecule has 2 heterocycles. The van der Waals surface area contributed by atoms with Crippen molar-refractivity contribution in [1.82, 2.24) is 10.3 Å². The van der Waals surface area contributed by atoms with Crippen LogP contribution in [0, 0.1) is 9.81 Å². The molecule has 2 aromatic rings. The summed E-state index contributed by atoms with van der Waals surface area (Å²) in [5.74, 6) is 0. The molecule has 4 heteroatoms. The van der Waals surface area contributed by atoms with Crippen molar-refractivity contribution in [3.63, 3.8) is 0 Å². The van der Waals surface area contributed by atoms with Crippen molar-refractivity contribution in [2.75, 3.05) is 6.54 Å². The summed E-state index contributed by atoms with van der Waals surface area (Å²) in [7, 11) is 0. The van der Waals surface area contributed by atoms with E-state index in [-0.39, 0.29) is 6.04 Å². The number of hydrogen-bond donors (Lipinski definition) is 1. The summed E-state index contributed by atoms with van der Waals surface area (Å²) >= 11 is 4.16. The van der Waals surface area contributed by atoms with Crippen LogP contribution in [0.3, 0.4) is 0 Å². The van der Waals surface area contributed by atoms with E-state index in [1.165, 1.54) is 19.6 Å². The molecule has 0 saturated heterocycles. The highest BCUT2D eigenvalue weighted by Gasteiger charge is 2.15. The number of aryl methyl sites for hydroxylation is 1. The molecule has 1 N–H and O–H groups in total. The van der Waals surface area contributed by atoms with Crippen molar-refractivity contribution in [2.24, 2.45) is 0 Å². The molecule has 0 saturated carbocycles. The molecule has 0 fully saturated rings. The first-order valence-electron chi connectivity index (χ1n) is 6.09. The maximum atomic E-state index is 4.31. The number of aromatic nitrogens is 1. The van der Waals surface area contributed by atoms with E-state index in [9.17, 15) is 0 Å². The lowest BCUT2D eigenvalue weighted by Gasteiger charge is -2.18. The number of pyridine rings is 1. The largest absolute Gasteiger partial charge is 0.306 e. The molecule has 0 amide bonds. The van der Waals surface area contributed by atoms with Crippen LogP contribution in [0.2, 0.25) is 0 Å². The summed E-state index contributed by atoms with van der Waals surface area (Å²) in [5, 5.41) is 5.84. The van der Waals surface area contributed by atoms with Gasteiger partial charge in [0.1, 0.15) is 0 Å². The second-order valence-corrected chi connectivity index (χ2v) is 7.17. The molecule has 0 bridgehead atoms. The minimum Gasteiger partial charge on any atom is -0.306 e. The predicted octanol–water partition coefficient (Wildman–Crippen LogP) is 4.15. The lowest BCUT2D eigenvalue weighted by molar-refractivity contribution is 0.598. The van der Waals surface area contributed by atoms with Gasteiger partial charge in [0.15, 0.2) is 0 Å². The number of hydrogen-bond acceptors (Lipinski definition) is 3. The number of thiophene rings is 1. The highest BCUT2D eigenvalue weighted by molar-refractivity contribution is 14.1. The second kappa shape index (κ2) is 6.63. The Balaban J connectivity index is 2.30. The average molecular weight is 372 g/mol. The van der Waals surface area contributed by atoms with Gasteiger partial charge in [0.25, 0.3) is 0 Å². The van der Waals surface area contributed by atoms with Gasteiger partial charge in [-0.05, 0) is 70.6 Å². The standard InChI is InChI=1S/C14H17IN2S/c1-3-4-17-14(12-6-13(15)18-9-12)11-5-10(2)7-16-8-11/h5-9,14,17H,3-4H2,1-2H3. The van der Waals surface area contributed by atoms with Crippen LogP contribution in [0.25, 0.3) is 0 Å². The minimum atomic E-state index is 0.261. The molecular weight excluding hydrogens is 355 g/mol. The lowest BCUT2D eigenvalue weighted by atomic mass is 10.0. The molecule has 2 aromatic heterocycles. The zero-order valence-corrected chi connectivity index (χ0v) is 13.6. The summed E-state index contributed by atoms with van der Waals surface area (Å²) in [4.78, 5) is 4.31. The van der Waals surface area contributed by atoms with Crippen LogP contribution in [0.1, 0.15) is 36.1 Å². The molecular formula is C14H17IN2S. The van der Waals surface area contributed by atoms with E-state index in [0.717, 1.165) is 13.0 Å². The van der Waals surface area contributed by atoms with Crippen LogP contribution >= 0.6 is 33.9 Å². The Bertz CT molecular complexity index is 510. The fourth-order valence-electron chi connectivity index (χ4n) is 1.93. The second-order valence-electron chi connectivity index (χ2n) is 4.37. The molecule has 0 aliphatic carbocycles. The summed E-state index contributed by atoms with van der Waals surface area (Å²) < 4.78 is 1.33. The van der Waals surface area contributed by atoms with Gasteiger partial charge in [-0.15, -0.1) is 11.3 Å². The minimum absolute atomic E-state index is 0.261. The normalized spacial score (nSPS) is 12.6. The van der Waals surface area contributed by atoms with Crippen molar-refractivity contribution in [3.05, 3.63) is 49.5 Å². The quantitative estimate of drug-likeness (QED) is 0.798. The van der Waals surface area contributed by atoms with E-state index in [1.54, 1.807) is 11.3 Å². The molecule has 0 aliphatic rings. The SMILES string of the molecule is CCCNC(c1cncc(C)c1)c1csc(I)c1. The Kier molecular flexibility index (Phi) is 5.14. The Labute approximate surface area is 126 Å². The van der Waals surface area contributed by atoms with Gasteiger partial charge in [0.2, 0.25) is 0 Å². The zero-order valence-electron chi connectivity index (χ0n) is 10.6. The van der Waals surface area contributed by atoms with E-state index in [1.807, 2.05) is 12.4 Å². The maximum Gasteiger partial charge on any atom is 0.0656 e. The molecule has 96 valence electrons. The third kappa shape index (κ3) is 3.52. The molecule has 0 aromatic carbocycles. The van der Waals surface area contributed by atoms with Crippen LogP contribution in [0.4, 0.5) is 0 Å². The Hall–Kier alpha value is -0.460. The van der Waals surface area contributed by atoms with Crippen molar-refractivity contribution < 1.29 is 0 Å². The van der Waals surface area contributed by atoms with Crippen molar-refractivity contribution >= 4 is 33.9 Å². The van der Waals surface area contributed by atoms with E-state index in [0.29, 0.717) is 0 Å². The summed E-state index contributed by atoms with van der Waals surface area (Å²) in [6.07, 6.45) is 5.00. The summed E-state index contributed by atoms with van der Waals surface area (Å²) in [5.41, 5.74) is 3.80. The van der Waals surface area contributed by atoms with Crippen LogP contribution in [-0.2, 0) is 0 Å². The predicted molar refractivity (Wildman–Crippen MR) is 86.1 cm³/mol. The monoisotopic (exact) mass is 372 g/mol. The highest BCUT2D eigenvalue weighted by atomic mass is 127. The topological polar surface area (TPSA) is 24.9 Å². The van der Waals surface area contributed by atoms with Crippen LogP contribution in [0.15, 0.2) is 29.9 Å². The van der Waals surface area contributed by atoms with E-state index < -0.39 is 0 Å². The molecule has 0 spiro atoms. The zero-order chi connectivity index (χ0) is 13.0. The van der Waals surface area contributed by atoms with Gasteiger partial charge < -0.3 is 5.32 Å². The number of nitrogens with one attached hydrogen (secondary N) is 1. The third-order valence-corrected chi connectivity index (χ3v) is 4.56. The van der Waals surface area contributed by atoms with Gasteiger partial charge in [0.05, 0.1) is 8.93 Å². The van der Waals surface area contributed by atoms with Gasteiger partial charge in [-0.2, -0.15) is 0 Å². The molecule has 0 aliphatic heterocycles. The maximum absolute atomic E-state index is 4.31. The number of halogens is 1.